The highest BCUT2D eigenvalue weighted by Gasteiger charge is 2.56. The summed E-state index contributed by atoms with van der Waals surface area (Å²) in [7, 11) is 1.82. The highest BCUT2D eigenvalue weighted by molar-refractivity contribution is 6.00. The van der Waals surface area contributed by atoms with E-state index in [2.05, 4.69) is 60.2 Å². The average Bonchev–Trinajstić information content (AvgIpc) is 3.13. The molecule has 3 fully saturated rings. The molecule has 3 heterocycles. The number of carbonyl (C=O) groups is 2. The number of imide groups is 1. The van der Waals surface area contributed by atoms with Crippen LogP contribution in [0.15, 0.2) is 24.3 Å². The smallest absolute Gasteiger partial charge is 0.327 e. The molecule has 3 saturated heterocycles. The topological polar surface area (TPSA) is 59.1 Å². The summed E-state index contributed by atoms with van der Waals surface area (Å²) >= 11 is 0. The van der Waals surface area contributed by atoms with Gasteiger partial charge >= 0.3 is 6.03 Å². The van der Waals surface area contributed by atoms with E-state index in [1.54, 1.807) is 4.90 Å². The molecule has 3 aliphatic rings. The number of fused-ring (bicyclic) bond motifs is 3. The normalized spacial score (nSPS) is 28.8. The summed E-state index contributed by atoms with van der Waals surface area (Å²) in [6.45, 7) is 8.81. The first-order chi connectivity index (χ1) is 14.9. The first kappa shape index (κ1) is 22.1. The van der Waals surface area contributed by atoms with E-state index in [-0.39, 0.29) is 30.4 Å². The van der Waals surface area contributed by atoms with Crippen LogP contribution < -0.4 is 10.2 Å². The molecule has 3 amide bonds. The number of anilines is 1. The van der Waals surface area contributed by atoms with Crippen LogP contribution in [0.4, 0.5) is 10.5 Å². The Labute approximate surface area is 186 Å². The highest BCUT2D eigenvalue weighted by atomic mass is 16.2. The zero-order chi connectivity index (χ0) is 22.1. The zero-order valence-electron chi connectivity index (χ0n) is 19.4. The van der Waals surface area contributed by atoms with Crippen molar-refractivity contribution < 1.29 is 9.59 Å². The van der Waals surface area contributed by atoms with Crippen molar-refractivity contribution in [3.63, 3.8) is 0 Å². The lowest BCUT2D eigenvalue weighted by molar-refractivity contribution is -0.138. The Bertz CT molecular complexity index is 815. The molecule has 0 aliphatic carbocycles. The molecular weight excluding hydrogens is 390 g/mol. The summed E-state index contributed by atoms with van der Waals surface area (Å²) in [4.78, 5) is 34.4. The van der Waals surface area contributed by atoms with Gasteiger partial charge in [0.15, 0.2) is 0 Å². The minimum Gasteiger partial charge on any atom is -0.343 e. The van der Waals surface area contributed by atoms with E-state index in [9.17, 15) is 9.59 Å². The number of hydrogen-bond acceptors (Lipinski definition) is 5. The van der Waals surface area contributed by atoms with Gasteiger partial charge in [0.05, 0.1) is 0 Å². The van der Waals surface area contributed by atoms with Crippen LogP contribution in [0.1, 0.15) is 51.5 Å². The number of aryl methyl sites for hydroxylation is 1. The molecule has 3 aliphatic heterocycles. The van der Waals surface area contributed by atoms with Crippen molar-refractivity contribution >= 4 is 17.6 Å². The zero-order valence-corrected chi connectivity index (χ0v) is 19.4. The molecular formula is C24H37N5O2. The maximum absolute atomic E-state index is 13.5. The van der Waals surface area contributed by atoms with Gasteiger partial charge in [0.2, 0.25) is 0 Å². The second-order valence-corrected chi connectivity index (χ2v) is 9.52. The van der Waals surface area contributed by atoms with Gasteiger partial charge in [0, 0.05) is 32.4 Å². The maximum Gasteiger partial charge on any atom is 0.327 e. The number of hydrogen-bond donors (Lipinski definition) is 1. The van der Waals surface area contributed by atoms with Crippen LogP contribution >= 0.6 is 0 Å². The highest BCUT2D eigenvalue weighted by Crippen LogP contribution is 2.34. The minimum absolute atomic E-state index is 0.0446. The van der Waals surface area contributed by atoms with E-state index < -0.39 is 0 Å². The van der Waals surface area contributed by atoms with Gasteiger partial charge in [0.25, 0.3) is 5.91 Å². The number of carbonyl (C=O) groups excluding carboxylic acids is 2. The Morgan fingerprint density at radius 3 is 2.61 bits per heavy atom. The fourth-order valence-electron chi connectivity index (χ4n) is 5.31. The monoisotopic (exact) mass is 427 g/mol. The summed E-state index contributed by atoms with van der Waals surface area (Å²) in [6.07, 6.45) is 5.12. The van der Waals surface area contributed by atoms with Crippen molar-refractivity contribution in [2.75, 3.05) is 31.6 Å². The fourth-order valence-corrected chi connectivity index (χ4v) is 5.31. The first-order valence-corrected chi connectivity index (χ1v) is 11.9. The molecule has 1 aromatic carbocycles. The minimum atomic E-state index is -0.335. The van der Waals surface area contributed by atoms with E-state index in [1.165, 1.54) is 23.3 Å². The van der Waals surface area contributed by atoms with Crippen LogP contribution in [0, 0.1) is 12.8 Å². The van der Waals surface area contributed by atoms with E-state index in [0.29, 0.717) is 12.5 Å². The Morgan fingerprint density at radius 2 is 1.87 bits per heavy atom. The summed E-state index contributed by atoms with van der Waals surface area (Å²) in [5, 5.41) is 3.61. The molecule has 0 bridgehead atoms. The number of urea groups is 1. The Balaban J connectivity index is 1.54. The lowest BCUT2D eigenvalue weighted by atomic mass is 10.0. The van der Waals surface area contributed by atoms with Gasteiger partial charge in [-0.2, -0.15) is 0 Å². The molecule has 0 radical (unpaired) electrons. The average molecular weight is 428 g/mol. The molecule has 0 saturated carbocycles. The quantitative estimate of drug-likeness (QED) is 0.677. The summed E-state index contributed by atoms with van der Waals surface area (Å²) in [5.74, 6) is 0.382. The Hall–Kier alpha value is -2.12. The Kier molecular flexibility index (Phi) is 6.53. The molecule has 1 N–H and O–H groups in total. The molecule has 7 heteroatoms. The largest absolute Gasteiger partial charge is 0.343 e. The van der Waals surface area contributed by atoms with Crippen molar-refractivity contribution in [3.8, 4) is 0 Å². The third-order valence-corrected chi connectivity index (χ3v) is 6.90. The Morgan fingerprint density at radius 1 is 1.10 bits per heavy atom. The molecule has 4 unspecified atom stereocenters. The van der Waals surface area contributed by atoms with Crippen LogP contribution in [-0.2, 0) is 4.79 Å². The third-order valence-electron chi connectivity index (χ3n) is 6.90. The van der Waals surface area contributed by atoms with Gasteiger partial charge < -0.3 is 9.80 Å². The van der Waals surface area contributed by atoms with Gasteiger partial charge in [-0.05, 0) is 37.0 Å². The van der Waals surface area contributed by atoms with E-state index in [0.717, 1.165) is 38.0 Å². The lowest BCUT2D eigenvalue weighted by Crippen LogP contribution is -2.66. The molecule has 7 nitrogen and oxygen atoms in total. The molecule has 0 spiro atoms. The molecule has 170 valence electrons. The van der Waals surface area contributed by atoms with E-state index in [4.69, 9.17) is 0 Å². The van der Waals surface area contributed by atoms with Gasteiger partial charge in [-0.3, -0.25) is 19.9 Å². The SMILES string of the molecule is CCCCCCCN1C(=O)C2C(NC3N(c4cccc(C)c4)CC(C)CN23)N(C)C1=O. The number of amides is 3. The summed E-state index contributed by atoms with van der Waals surface area (Å²) in [5.41, 5.74) is 2.37. The van der Waals surface area contributed by atoms with Gasteiger partial charge in [-0.15, -0.1) is 0 Å². The molecule has 31 heavy (non-hydrogen) atoms. The first-order valence-electron chi connectivity index (χ1n) is 11.9. The molecule has 4 rings (SSSR count). The second kappa shape index (κ2) is 9.17. The third kappa shape index (κ3) is 4.17. The number of likely N-dealkylation sites (N-methyl/N-ethyl adjacent to an activating group) is 1. The molecule has 4 atom stereocenters. The predicted molar refractivity (Wildman–Crippen MR) is 123 cm³/mol. The lowest BCUT2D eigenvalue weighted by Gasteiger charge is -2.46. The van der Waals surface area contributed by atoms with Gasteiger partial charge in [0.1, 0.15) is 18.5 Å². The number of unbranched alkanes of at least 4 members (excludes halogenated alkanes) is 4. The van der Waals surface area contributed by atoms with Crippen LogP contribution in [0.2, 0.25) is 0 Å². The number of nitrogens with zero attached hydrogens (tertiary/aromatic N) is 4. The van der Waals surface area contributed by atoms with Crippen molar-refractivity contribution in [1.29, 1.82) is 0 Å². The van der Waals surface area contributed by atoms with Gasteiger partial charge in [-0.1, -0.05) is 51.7 Å². The standard InChI is InChI=1S/C24H37N5O2/c1-5-6-7-8-9-13-27-22(30)20-21(26(4)24(27)31)25-23-28(15-18(3)16-29(20)23)19-12-10-11-17(2)14-19/h10-12,14,18,20-21,23,25H,5-9,13,15-16H2,1-4H3. The number of rotatable bonds is 7. The van der Waals surface area contributed by atoms with Crippen molar-refractivity contribution in [2.45, 2.75) is 71.4 Å². The van der Waals surface area contributed by atoms with Crippen LogP contribution in [0.5, 0.6) is 0 Å². The van der Waals surface area contributed by atoms with Gasteiger partial charge in [-0.25, -0.2) is 4.79 Å². The van der Waals surface area contributed by atoms with Crippen LogP contribution in [-0.4, -0.2) is 71.8 Å². The second-order valence-electron chi connectivity index (χ2n) is 9.52. The summed E-state index contributed by atoms with van der Waals surface area (Å²) < 4.78 is 0. The van der Waals surface area contributed by atoms with E-state index >= 15 is 0 Å². The van der Waals surface area contributed by atoms with Crippen molar-refractivity contribution in [2.24, 2.45) is 5.92 Å². The van der Waals surface area contributed by atoms with Crippen molar-refractivity contribution in [1.82, 2.24) is 20.0 Å². The fraction of sp³-hybridized carbons (Fsp3) is 0.667. The molecule has 1 aromatic rings. The van der Waals surface area contributed by atoms with E-state index in [1.807, 2.05) is 7.05 Å². The van der Waals surface area contributed by atoms with Crippen LogP contribution in [0.25, 0.3) is 0 Å². The predicted octanol–water partition coefficient (Wildman–Crippen LogP) is 3.20. The van der Waals surface area contributed by atoms with Crippen molar-refractivity contribution in [3.05, 3.63) is 29.8 Å². The molecule has 0 aromatic heterocycles. The number of nitrogens with one attached hydrogen (secondary N) is 1. The van der Waals surface area contributed by atoms with Crippen LogP contribution in [0.3, 0.4) is 0 Å². The summed E-state index contributed by atoms with van der Waals surface area (Å²) in [6, 6.07) is 8.00. The number of benzene rings is 1. The maximum atomic E-state index is 13.5.